The number of ether oxygens (including phenoxy) is 2. The van der Waals surface area contributed by atoms with Gasteiger partial charge in [-0.2, -0.15) is 0 Å². The highest BCUT2D eigenvalue weighted by Gasteiger charge is 2.39. The highest BCUT2D eigenvalue weighted by molar-refractivity contribution is 5.97. The first-order valence-electron chi connectivity index (χ1n) is 5.91. The quantitative estimate of drug-likeness (QED) is 0.735. The lowest BCUT2D eigenvalue weighted by atomic mass is 9.76. The van der Waals surface area contributed by atoms with Crippen LogP contribution in [0.5, 0.6) is 5.75 Å². The van der Waals surface area contributed by atoms with E-state index in [1.165, 1.54) is 0 Å². The lowest BCUT2D eigenvalue weighted by molar-refractivity contribution is -0.0704. The number of rotatable bonds is 5. The molecule has 0 atom stereocenters. The highest BCUT2D eigenvalue weighted by atomic mass is 16.5. The van der Waals surface area contributed by atoms with Crippen LogP contribution in [0.15, 0.2) is 24.3 Å². The van der Waals surface area contributed by atoms with Crippen LogP contribution in [0, 0.1) is 0 Å². The minimum absolute atomic E-state index is 0.130. The molecule has 0 amide bonds. The average Bonchev–Trinajstić information content (AvgIpc) is 2.33. The van der Waals surface area contributed by atoms with Gasteiger partial charge in [0, 0.05) is 19.1 Å². The first-order chi connectivity index (χ1) is 8.19. The van der Waals surface area contributed by atoms with Gasteiger partial charge in [-0.1, -0.05) is 12.1 Å². The summed E-state index contributed by atoms with van der Waals surface area (Å²) in [6, 6.07) is 7.29. The number of hydrogen-bond acceptors (Lipinski definition) is 3. The molecule has 0 aliphatic heterocycles. The maximum absolute atomic E-state index is 12.1. The molecule has 1 fully saturated rings. The molecule has 3 heteroatoms. The van der Waals surface area contributed by atoms with E-state index in [2.05, 4.69) is 0 Å². The molecule has 1 aliphatic rings. The molecule has 1 aromatic carbocycles. The smallest absolute Gasteiger partial charge is 0.165 e. The molecule has 1 aromatic rings. The van der Waals surface area contributed by atoms with E-state index < -0.39 is 0 Å². The van der Waals surface area contributed by atoms with E-state index in [4.69, 9.17) is 9.47 Å². The third kappa shape index (κ3) is 2.50. The minimum atomic E-state index is -0.208. The molecule has 0 aromatic heterocycles. The van der Waals surface area contributed by atoms with E-state index in [-0.39, 0.29) is 11.4 Å². The van der Waals surface area contributed by atoms with Gasteiger partial charge in [0.15, 0.2) is 5.78 Å². The van der Waals surface area contributed by atoms with Crippen LogP contribution in [0.4, 0.5) is 0 Å². The molecule has 0 unspecified atom stereocenters. The first-order valence-corrected chi connectivity index (χ1v) is 5.91. The van der Waals surface area contributed by atoms with Crippen molar-refractivity contribution in [1.82, 2.24) is 0 Å². The normalized spacial score (nSPS) is 17.3. The Morgan fingerprint density at radius 3 is 2.65 bits per heavy atom. The SMILES string of the molecule is COc1cccc(C(=O)CC2(OC)CCC2)c1. The summed E-state index contributed by atoms with van der Waals surface area (Å²) in [5.74, 6) is 0.848. The molecule has 92 valence electrons. The van der Waals surface area contributed by atoms with Crippen molar-refractivity contribution in [2.75, 3.05) is 14.2 Å². The molecule has 3 nitrogen and oxygen atoms in total. The van der Waals surface area contributed by atoms with Crippen LogP contribution in [-0.2, 0) is 4.74 Å². The molecule has 0 N–H and O–H groups in total. The summed E-state index contributed by atoms with van der Waals surface area (Å²) >= 11 is 0. The molecule has 0 heterocycles. The number of ketones is 1. The van der Waals surface area contributed by atoms with Crippen molar-refractivity contribution in [1.29, 1.82) is 0 Å². The van der Waals surface area contributed by atoms with Gasteiger partial charge in [-0.15, -0.1) is 0 Å². The summed E-state index contributed by atoms with van der Waals surface area (Å²) in [4.78, 5) is 12.1. The molecular weight excluding hydrogens is 216 g/mol. The summed E-state index contributed by atoms with van der Waals surface area (Å²) in [6.45, 7) is 0. The predicted molar refractivity (Wildman–Crippen MR) is 65.5 cm³/mol. The molecule has 0 spiro atoms. The summed E-state index contributed by atoms with van der Waals surface area (Å²) < 4.78 is 10.6. The zero-order chi connectivity index (χ0) is 12.3. The van der Waals surface area contributed by atoms with Crippen LogP contribution >= 0.6 is 0 Å². The summed E-state index contributed by atoms with van der Waals surface area (Å²) in [5, 5.41) is 0. The largest absolute Gasteiger partial charge is 0.497 e. The number of methoxy groups -OCH3 is 2. The lowest BCUT2D eigenvalue weighted by Crippen LogP contribution is -2.41. The van der Waals surface area contributed by atoms with Gasteiger partial charge in [0.25, 0.3) is 0 Å². The van der Waals surface area contributed by atoms with Crippen molar-refractivity contribution in [2.45, 2.75) is 31.3 Å². The fourth-order valence-corrected chi connectivity index (χ4v) is 2.22. The Bertz CT molecular complexity index is 402. The minimum Gasteiger partial charge on any atom is -0.497 e. The van der Waals surface area contributed by atoms with Crippen molar-refractivity contribution in [3.8, 4) is 5.75 Å². The standard InChI is InChI=1S/C14H18O3/c1-16-12-6-3-5-11(9-12)13(15)10-14(17-2)7-4-8-14/h3,5-6,9H,4,7-8,10H2,1-2H3. The van der Waals surface area contributed by atoms with Crippen molar-refractivity contribution in [3.63, 3.8) is 0 Å². The van der Waals surface area contributed by atoms with Gasteiger partial charge >= 0.3 is 0 Å². The number of benzene rings is 1. The van der Waals surface area contributed by atoms with Gasteiger partial charge < -0.3 is 9.47 Å². The molecule has 1 saturated carbocycles. The van der Waals surface area contributed by atoms with Gasteiger partial charge in [0.2, 0.25) is 0 Å². The van der Waals surface area contributed by atoms with E-state index in [1.807, 2.05) is 18.2 Å². The molecule has 1 aliphatic carbocycles. The van der Waals surface area contributed by atoms with E-state index in [9.17, 15) is 4.79 Å². The van der Waals surface area contributed by atoms with Gasteiger partial charge in [-0.3, -0.25) is 4.79 Å². The molecular formula is C14H18O3. The second-order valence-corrected chi connectivity index (χ2v) is 4.57. The summed E-state index contributed by atoms with van der Waals surface area (Å²) in [7, 11) is 3.30. The van der Waals surface area contributed by atoms with Crippen molar-refractivity contribution >= 4 is 5.78 Å². The van der Waals surface area contributed by atoms with Crippen LogP contribution < -0.4 is 4.74 Å². The monoisotopic (exact) mass is 234 g/mol. The van der Waals surface area contributed by atoms with E-state index >= 15 is 0 Å². The van der Waals surface area contributed by atoms with Crippen molar-refractivity contribution in [2.24, 2.45) is 0 Å². The third-order valence-electron chi connectivity index (χ3n) is 3.57. The third-order valence-corrected chi connectivity index (χ3v) is 3.57. The zero-order valence-corrected chi connectivity index (χ0v) is 10.4. The van der Waals surface area contributed by atoms with Crippen molar-refractivity contribution in [3.05, 3.63) is 29.8 Å². The second-order valence-electron chi connectivity index (χ2n) is 4.57. The summed E-state index contributed by atoms with van der Waals surface area (Å²) in [5.41, 5.74) is 0.493. The Kier molecular flexibility index (Phi) is 3.48. The van der Waals surface area contributed by atoms with Gasteiger partial charge in [0.1, 0.15) is 5.75 Å². The highest BCUT2D eigenvalue weighted by Crippen LogP contribution is 2.38. The Labute approximate surface area is 102 Å². The fourth-order valence-electron chi connectivity index (χ4n) is 2.22. The Hall–Kier alpha value is -1.35. The number of Topliss-reactive ketones (excluding diaryl/α,β-unsaturated/α-hetero) is 1. The van der Waals surface area contributed by atoms with E-state index in [1.54, 1.807) is 20.3 Å². The Morgan fingerprint density at radius 1 is 1.35 bits per heavy atom. The molecule has 17 heavy (non-hydrogen) atoms. The van der Waals surface area contributed by atoms with Gasteiger partial charge in [0.05, 0.1) is 12.7 Å². The summed E-state index contributed by atoms with van der Waals surface area (Å²) in [6.07, 6.45) is 3.59. The maximum atomic E-state index is 12.1. The van der Waals surface area contributed by atoms with Gasteiger partial charge in [-0.25, -0.2) is 0 Å². The Morgan fingerprint density at radius 2 is 2.12 bits per heavy atom. The van der Waals surface area contributed by atoms with Crippen LogP contribution in [0.2, 0.25) is 0 Å². The van der Waals surface area contributed by atoms with Crippen molar-refractivity contribution < 1.29 is 14.3 Å². The zero-order valence-electron chi connectivity index (χ0n) is 10.4. The molecule has 0 radical (unpaired) electrons. The topological polar surface area (TPSA) is 35.5 Å². The molecule has 2 rings (SSSR count). The predicted octanol–water partition coefficient (Wildman–Crippen LogP) is 2.84. The number of carbonyl (C=O) groups excluding carboxylic acids is 1. The Balaban J connectivity index is 2.08. The average molecular weight is 234 g/mol. The lowest BCUT2D eigenvalue weighted by Gasteiger charge is -2.40. The van der Waals surface area contributed by atoms with E-state index in [0.29, 0.717) is 12.0 Å². The van der Waals surface area contributed by atoms with Crippen LogP contribution in [0.1, 0.15) is 36.0 Å². The number of carbonyl (C=O) groups is 1. The van der Waals surface area contributed by atoms with E-state index in [0.717, 1.165) is 25.0 Å². The van der Waals surface area contributed by atoms with Gasteiger partial charge in [-0.05, 0) is 31.4 Å². The first kappa shape index (κ1) is 12.1. The second kappa shape index (κ2) is 4.88. The van der Waals surface area contributed by atoms with Crippen LogP contribution in [-0.4, -0.2) is 25.6 Å². The maximum Gasteiger partial charge on any atom is 0.165 e. The fraction of sp³-hybridized carbons (Fsp3) is 0.500. The number of hydrogen-bond donors (Lipinski definition) is 0. The molecule has 0 bridgehead atoms. The van der Waals surface area contributed by atoms with Crippen LogP contribution in [0.25, 0.3) is 0 Å². The molecule has 0 saturated heterocycles. The van der Waals surface area contributed by atoms with Crippen LogP contribution in [0.3, 0.4) is 0 Å².